The maximum Gasteiger partial charge on any atom is 0.262 e. The van der Waals surface area contributed by atoms with Gasteiger partial charge in [-0.15, -0.1) is 0 Å². The van der Waals surface area contributed by atoms with Crippen LogP contribution >= 0.6 is 15.9 Å². The number of anilines is 1. The average Bonchev–Trinajstić information content (AvgIpc) is 2.83. The van der Waals surface area contributed by atoms with Gasteiger partial charge in [0.1, 0.15) is 5.75 Å². The normalized spacial score (nSPS) is 10.5. The maximum atomic E-state index is 12.5. The molecule has 0 atom stereocenters. The fraction of sp³-hybridized carbons (Fsp3) is 0.0769. The van der Waals surface area contributed by atoms with Gasteiger partial charge >= 0.3 is 0 Å². The first kappa shape index (κ1) is 21.6. The van der Waals surface area contributed by atoms with E-state index in [9.17, 15) is 9.59 Å². The first-order chi connectivity index (χ1) is 15.6. The summed E-state index contributed by atoms with van der Waals surface area (Å²) in [6, 6.07) is 28.2. The molecule has 0 spiro atoms. The minimum atomic E-state index is -0.313. The molecule has 0 saturated carbocycles. The Morgan fingerprint density at radius 2 is 1.62 bits per heavy atom. The summed E-state index contributed by atoms with van der Waals surface area (Å²) >= 11 is 3.55. The largest absolute Gasteiger partial charge is 0.483 e. The Morgan fingerprint density at radius 1 is 0.844 bits per heavy atom. The number of carbonyl (C=O) groups excluding carboxylic acids is 2. The Labute approximate surface area is 194 Å². The molecular weight excluding hydrogens is 468 g/mol. The third-order valence-corrected chi connectivity index (χ3v) is 5.71. The zero-order valence-electron chi connectivity index (χ0n) is 17.2. The molecule has 0 unspecified atom stereocenters. The van der Waals surface area contributed by atoms with E-state index in [1.165, 1.54) is 0 Å². The topological polar surface area (TPSA) is 67.4 Å². The highest BCUT2D eigenvalue weighted by atomic mass is 79.9. The van der Waals surface area contributed by atoms with E-state index < -0.39 is 0 Å². The van der Waals surface area contributed by atoms with Gasteiger partial charge < -0.3 is 15.4 Å². The van der Waals surface area contributed by atoms with Crippen LogP contribution in [0.3, 0.4) is 0 Å². The SMILES string of the molecule is O=C(COc1ccc2ccccc2c1Br)Nc1cccc(C(=O)NCc2ccccc2)c1. The lowest BCUT2D eigenvalue weighted by Gasteiger charge is -2.11. The van der Waals surface area contributed by atoms with Crippen molar-refractivity contribution in [3.63, 3.8) is 0 Å². The van der Waals surface area contributed by atoms with E-state index in [2.05, 4.69) is 26.6 Å². The maximum absolute atomic E-state index is 12.5. The van der Waals surface area contributed by atoms with Gasteiger partial charge in [-0.3, -0.25) is 9.59 Å². The molecule has 4 aromatic carbocycles. The molecule has 0 aliphatic carbocycles. The van der Waals surface area contributed by atoms with Crippen molar-refractivity contribution in [1.29, 1.82) is 0 Å². The molecule has 0 bridgehead atoms. The predicted molar refractivity (Wildman–Crippen MR) is 130 cm³/mol. The number of amides is 2. The lowest BCUT2D eigenvalue weighted by Crippen LogP contribution is -2.23. The minimum Gasteiger partial charge on any atom is -0.483 e. The Bertz CT molecular complexity index is 1260. The average molecular weight is 489 g/mol. The van der Waals surface area contributed by atoms with Gasteiger partial charge in [0.05, 0.1) is 4.47 Å². The third-order valence-electron chi connectivity index (χ3n) is 4.89. The molecule has 4 aromatic rings. The number of halogens is 1. The van der Waals surface area contributed by atoms with E-state index in [1.54, 1.807) is 24.3 Å². The molecule has 0 aliphatic heterocycles. The standard InChI is InChI=1S/C26H21BrN2O3/c27-25-22-12-5-4-9-19(22)13-14-23(25)32-17-24(30)29-21-11-6-10-20(15-21)26(31)28-16-18-7-2-1-3-8-18/h1-15H,16-17H2,(H,28,31)(H,29,30). The number of ether oxygens (including phenoxy) is 1. The zero-order chi connectivity index (χ0) is 22.3. The van der Waals surface area contributed by atoms with Crippen LogP contribution in [-0.4, -0.2) is 18.4 Å². The molecular formula is C26H21BrN2O3. The lowest BCUT2D eigenvalue weighted by molar-refractivity contribution is -0.118. The number of rotatable bonds is 7. The van der Waals surface area contributed by atoms with Crippen molar-refractivity contribution < 1.29 is 14.3 Å². The summed E-state index contributed by atoms with van der Waals surface area (Å²) in [5.41, 5.74) is 2.02. The van der Waals surface area contributed by atoms with Crippen LogP contribution in [0.1, 0.15) is 15.9 Å². The Kier molecular flexibility index (Phi) is 6.82. The molecule has 0 aliphatic rings. The van der Waals surface area contributed by atoms with Crippen LogP contribution in [0.5, 0.6) is 5.75 Å². The van der Waals surface area contributed by atoms with Crippen LogP contribution in [0.15, 0.2) is 95.5 Å². The molecule has 0 radical (unpaired) electrons. The van der Waals surface area contributed by atoms with E-state index in [0.29, 0.717) is 23.5 Å². The van der Waals surface area contributed by atoms with Crippen LogP contribution in [-0.2, 0) is 11.3 Å². The molecule has 0 fully saturated rings. The quantitative estimate of drug-likeness (QED) is 0.358. The predicted octanol–water partition coefficient (Wildman–Crippen LogP) is 5.55. The third kappa shape index (κ3) is 5.34. The second-order valence-electron chi connectivity index (χ2n) is 7.18. The van der Waals surface area contributed by atoms with Crippen molar-refractivity contribution in [2.24, 2.45) is 0 Å². The number of hydrogen-bond acceptors (Lipinski definition) is 3. The Morgan fingerprint density at radius 3 is 2.47 bits per heavy atom. The summed E-state index contributed by atoms with van der Waals surface area (Å²) in [4.78, 5) is 24.9. The van der Waals surface area contributed by atoms with E-state index >= 15 is 0 Å². The Hall–Kier alpha value is -3.64. The summed E-state index contributed by atoms with van der Waals surface area (Å²) in [5.74, 6) is 0.0705. The first-order valence-corrected chi connectivity index (χ1v) is 10.9. The van der Waals surface area contributed by atoms with Gasteiger partial charge in [-0.05, 0) is 56.5 Å². The molecule has 5 nitrogen and oxygen atoms in total. The zero-order valence-corrected chi connectivity index (χ0v) is 18.8. The second-order valence-corrected chi connectivity index (χ2v) is 7.98. The highest BCUT2D eigenvalue weighted by Crippen LogP contribution is 2.33. The minimum absolute atomic E-state index is 0.151. The summed E-state index contributed by atoms with van der Waals surface area (Å²) in [5, 5.41) is 7.76. The van der Waals surface area contributed by atoms with Crippen molar-refractivity contribution in [2.75, 3.05) is 11.9 Å². The summed E-state index contributed by atoms with van der Waals surface area (Å²) in [6.07, 6.45) is 0. The van der Waals surface area contributed by atoms with Crippen molar-refractivity contribution in [3.05, 3.63) is 107 Å². The summed E-state index contributed by atoms with van der Waals surface area (Å²) < 4.78 is 6.51. The second kappa shape index (κ2) is 10.1. The van der Waals surface area contributed by atoms with Gasteiger partial charge in [0.25, 0.3) is 11.8 Å². The monoisotopic (exact) mass is 488 g/mol. The van der Waals surface area contributed by atoms with Crippen molar-refractivity contribution in [3.8, 4) is 5.75 Å². The summed E-state index contributed by atoms with van der Waals surface area (Å²) in [6.45, 7) is 0.284. The highest BCUT2D eigenvalue weighted by molar-refractivity contribution is 9.10. The van der Waals surface area contributed by atoms with Gasteiger partial charge in [0, 0.05) is 17.8 Å². The van der Waals surface area contributed by atoms with Crippen LogP contribution in [0, 0.1) is 0 Å². The van der Waals surface area contributed by atoms with Crippen molar-refractivity contribution >= 4 is 44.2 Å². The van der Waals surface area contributed by atoms with Gasteiger partial charge in [-0.1, -0.05) is 66.7 Å². The van der Waals surface area contributed by atoms with E-state index in [-0.39, 0.29) is 18.4 Å². The number of benzene rings is 4. The molecule has 0 saturated heterocycles. The molecule has 0 heterocycles. The number of fused-ring (bicyclic) bond motifs is 1. The number of carbonyl (C=O) groups is 2. The van der Waals surface area contributed by atoms with Gasteiger partial charge in [-0.2, -0.15) is 0 Å². The van der Waals surface area contributed by atoms with Crippen LogP contribution in [0.25, 0.3) is 10.8 Å². The first-order valence-electron chi connectivity index (χ1n) is 10.1. The molecule has 2 N–H and O–H groups in total. The molecule has 4 rings (SSSR count). The van der Waals surface area contributed by atoms with Crippen molar-refractivity contribution in [1.82, 2.24) is 5.32 Å². The van der Waals surface area contributed by atoms with E-state index in [4.69, 9.17) is 4.74 Å². The number of hydrogen-bond donors (Lipinski definition) is 2. The van der Waals surface area contributed by atoms with Crippen LogP contribution in [0.2, 0.25) is 0 Å². The Balaban J connectivity index is 1.34. The van der Waals surface area contributed by atoms with Crippen LogP contribution in [0.4, 0.5) is 5.69 Å². The highest BCUT2D eigenvalue weighted by Gasteiger charge is 2.11. The molecule has 160 valence electrons. The molecule has 32 heavy (non-hydrogen) atoms. The molecule has 2 amide bonds. The van der Waals surface area contributed by atoms with Gasteiger partial charge in [-0.25, -0.2) is 0 Å². The molecule has 6 heteroatoms. The van der Waals surface area contributed by atoms with Gasteiger partial charge in [0.2, 0.25) is 0 Å². The lowest BCUT2D eigenvalue weighted by atomic mass is 10.1. The number of nitrogens with one attached hydrogen (secondary N) is 2. The smallest absolute Gasteiger partial charge is 0.262 e. The van der Waals surface area contributed by atoms with E-state index in [0.717, 1.165) is 20.8 Å². The van der Waals surface area contributed by atoms with Crippen molar-refractivity contribution in [2.45, 2.75) is 6.54 Å². The summed E-state index contributed by atoms with van der Waals surface area (Å²) in [7, 11) is 0. The van der Waals surface area contributed by atoms with Crippen LogP contribution < -0.4 is 15.4 Å². The fourth-order valence-corrected chi connectivity index (χ4v) is 3.89. The van der Waals surface area contributed by atoms with Gasteiger partial charge in [0.15, 0.2) is 6.61 Å². The molecule has 0 aromatic heterocycles. The fourth-order valence-electron chi connectivity index (χ4n) is 3.28. The van der Waals surface area contributed by atoms with E-state index in [1.807, 2.05) is 66.7 Å².